The van der Waals surface area contributed by atoms with Gasteiger partial charge in [0.2, 0.25) is 5.95 Å². The topological polar surface area (TPSA) is 81.7 Å². The molecule has 0 unspecified atom stereocenters. The highest BCUT2D eigenvalue weighted by atomic mass is 16.1. The quantitative estimate of drug-likeness (QED) is 0.694. The van der Waals surface area contributed by atoms with Crippen molar-refractivity contribution in [1.82, 2.24) is 29.5 Å². The predicted molar refractivity (Wildman–Crippen MR) is 107 cm³/mol. The Morgan fingerprint density at radius 1 is 0.893 bits per heavy atom. The van der Waals surface area contributed by atoms with Crippen molar-refractivity contribution in [2.75, 3.05) is 18.0 Å². The molecule has 1 aliphatic heterocycles. The van der Waals surface area contributed by atoms with Crippen LogP contribution in [-0.4, -0.2) is 42.6 Å². The van der Waals surface area contributed by atoms with E-state index in [-0.39, 0.29) is 11.6 Å². The van der Waals surface area contributed by atoms with Gasteiger partial charge in [-0.05, 0) is 58.7 Å². The van der Waals surface area contributed by atoms with Gasteiger partial charge in [0.25, 0.3) is 5.56 Å². The van der Waals surface area contributed by atoms with Crippen molar-refractivity contribution in [3.8, 4) is 5.82 Å². The lowest BCUT2D eigenvalue weighted by Crippen LogP contribution is -2.39. The zero-order valence-electron chi connectivity index (χ0n) is 16.8. The van der Waals surface area contributed by atoms with E-state index in [1.165, 1.54) is 0 Å². The molecule has 146 valence electrons. The second kappa shape index (κ2) is 7.18. The summed E-state index contributed by atoms with van der Waals surface area (Å²) in [6.45, 7) is 9.50. The van der Waals surface area contributed by atoms with Gasteiger partial charge in [-0.15, -0.1) is 5.10 Å². The summed E-state index contributed by atoms with van der Waals surface area (Å²) in [6.07, 6.45) is 1.65. The number of anilines is 1. The van der Waals surface area contributed by atoms with Crippen molar-refractivity contribution in [3.63, 3.8) is 0 Å². The maximum absolute atomic E-state index is 12.5. The van der Waals surface area contributed by atoms with Crippen LogP contribution in [0.15, 0.2) is 29.1 Å². The minimum atomic E-state index is -0.0774. The summed E-state index contributed by atoms with van der Waals surface area (Å²) in [5, 5.41) is 9.10. The summed E-state index contributed by atoms with van der Waals surface area (Å²) >= 11 is 0. The smallest absolute Gasteiger partial charge is 0.267 e. The number of rotatable bonds is 3. The average molecular weight is 379 g/mol. The normalized spacial score (nSPS) is 15.2. The van der Waals surface area contributed by atoms with Crippen molar-refractivity contribution in [2.24, 2.45) is 0 Å². The van der Waals surface area contributed by atoms with Crippen LogP contribution in [0.3, 0.4) is 0 Å². The van der Waals surface area contributed by atoms with Crippen molar-refractivity contribution in [1.29, 1.82) is 0 Å². The molecule has 3 aromatic heterocycles. The summed E-state index contributed by atoms with van der Waals surface area (Å²) in [7, 11) is 0. The summed E-state index contributed by atoms with van der Waals surface area (Å²) in [6, 6.07) is 7.35. The fourth-order valence-corrected chi connectivity index (χ4v) is 3.81. The Labute approximate surface area is 163 Å². The fourth-order valence-electron chi connectivity index (χ4n) is 3.81. The van der Waals surface area contributed by atoms with Crippen LogP contribution in [-0.2, 0) is 0 Å². The molecule has 1 saturated heterocycles. The number of hydrogen-bond donors (Lipinski definition) is 0. The molecule has 0 spiro atoms. The molecule has 1 aliphatic rings. The van der Waals surface area contributed by atoms with Gasteiger partial charge >= 0.3 is 0 Å². The molecule has 0 N–H and O–H groups in total. The molecular weight excluding hydrogens is 354 g/mol. The van der Waals surface area contributed by atoms with Crippen LogP contribution in [0.1, 0.15) is 41.7 Å². The molecule has 0 atom stereocenters. The maximum atomic E-state index is 12.5. The third-order valence-corrected chi connectivity index (χ3v) is 5.10. The number of hydrogen-bond acceptors (Lipinski definition) is 6. The molecule has 3 aromatic rings. The van der Waals surface area contributed by atoms with Gasteiger partial charge in [0.05, 0.1) is 11.7 Å². The molecule has 0 amide bonds. The van der Waals surface area contributed by atoms with Gasteiger partial charge in [-0.3, -0.25) is 4.79 Å². The van der Waals surface area contributed by atoms with Gasteiger partial charge in [0.1, 0.15) is 0 Å². The van der Waals surface area contributed by atoms with E-state index in [1.54, 1.807) is 21.5 Å². The average Bonchev–Trinajstić information content (AvgIpc) is 3.00. The van der Waals surface area contributed by atoms with Gasteiger partial charge in [-0.2, -0.15) is 5.10 Å². The summed E-state index contributed by atoms with van der Waals surface area (Å²) in [5.41, 5.74) is 3.79. The number of piperidine rings is 1. The molecule has 0 saturated carbocycles. The van der Waals surface area contributed by atoms with Crippen LogP contribution in [0.2, 0.25) is 0 Å². The highest BCUT2D eigenvalue weighted by Crippen LogP contribution is 2.24. The number of aryl methyl sites for hydroxylation is 4. The van der Waals surface area contributed by atoms with E-state index >= 15 is 0 Å². The van der Waals surface area contributed by atoms with E-state index in [0.29, 0.717) is 5.82 Å². The minimum absolute atomic E-state index is 0.0616. The molecule has 8 heteroatoms. The Morgan fingerprint density at radius 2 is 1.57 bits per heavy atom. The Morgan fingerprint density at radius 3 is 2.18 bits per heavy atom. The van der Waals surface area contributed by atoms with Gasteiger partial charge in [0.15, 0.2) is 5.82 Å². The van der Waals surface area contributed by atoms with Crippen LogP contribution in [0.25, 0.3) is 5.82 Å². The Balaban J connectivity index is 1.55. The summed E-state index contributed by atoms with van der Waals surface area (Å²) in [5.74, 6) is 1.44. The van der Waals surface area contributed by atoms with Crippen molar-refractivity contribution in [3.05, 3.63) is 57.4 Å². The van der Waals surface area contributed by atoms with E-state index in [1.807, 2.05) is 39.8 Å². The van der Waals surface area contributed by atoms with Crippen LogP contribution >= 0.6 is 0 Å². The monoisotopic (exact) mass is 379 g/mol. The van der Waals surface area contributed by atoms with Crippen LogP contribution in [0.4, 0.5) is 5.95 Å². The van der Waals surface area contributed by atoms with Crippen LogP contribution < -0.4 is 10.5 Å². The minimum Gasteiger partial charge on any atom is -0.341 e. The highest BCUT2D eigenvalue weighted by Gasteiger charge is 2.24. The van der Waals surface area contributed by atoms with Gasteiger partial charge in [-0.1, -0.05) is 0 Å². The number of nitrogens with zero attached hydrogens (tertiary/aromatic N) is 7. The molecule has 1 fully saturated rings. The van der Waals surface area contributed by atoms with E-state index in [9.17, 15) is 4.79 Å². The second-order valence-electron chi connectivity index (χ2n) is 7.48. The Bertz CT molecular complexity index is 1040. The molecule has 0 aliphatic carbocycles. The van der Waals surface area contributed by atoms with E-state index in [0.717, 1.165) is 54.7 Å². The largest absolute Gasteiger partial charge is 0.341 e. The molecule has 0 bridgehead atoms. The first kappa shape index (κ1) is 18.3. The standard InChI is InChI=1S/C20H25N7O/c1-13-11-14(2)22-20(21-13)25-9-7-17(8-10-25)27-19(28)6-5-18(24-27)26-16(4)12-15(3)23-26/h5-6,11-12,17H,7-10H2,1-4H3. The summed E-state index contributed by atoms with van der Waals surface area (Å²) in [4.78, 5) is 23.8. The zero-order valence-corrected chi connectivity index (χ0v) is 16.8. The zero-order chi connectivity index (χ0) is 19.8. The molecule has 4 heterocycles. The first-order chi connectivity index (χ1) is 13.4. The predicted octanol–water partition coefficient (Wildman–Crippen LogP) is 2.29. The first-order valence-corrected chi connectivity index (χ1v) is 9.61. The van der Waals surface area contributed by atoms with Crippen molar-refractivity contribution in [2.45, 2.75) is 46.6 Å². The maximum Gasteiger partial charge on any atom is 0.267 e. The molecular formula is C20H25N7O. The first-order valence-electron chi connectivity index (χ1n) is 9.61. The van der Waals surface area contributed by atoms with Gasteiger partial charge < -0.3 is 4.90 Å². The van der Waals surface area contributed by atoms with E-state index in [4.69, 9.17) is 0 Å². The lowest BCUT2D eigenvalue weighted by atomic mass is 10.1. The van der Waals surface area contributed by atoms with Crippen molar-refractivity contribution < 1.29 is 0 Å². The summed E-state index contributed by atoms with van der Waals surface area (Å²) < 4.78 is 3.40. The third-order valence-electron chi connectivity index (χ3n) is 5.10. The molecule has 28 heavy (non-hydrogen) atoms. The molecule has 8 nitrogen and oxygen atoms in total. The van der Waals surface area contributed by atoms with E-state index < -0.39 is 0 Å². The van der Waals surface area contributed by atoms with Gasteiger partial charge in [-0.25, -0.2) is 19.3 Å². The lowest BCUT2D eigenvalue weighted by molar-refractivity contribution is 0.349. The molecule has 0 aromatic carbocycles. The number of aromatic nitrogens is 6. The Kier molecular flexibility index (Phi) is 4.70. The second-order valence-corrected chi connectivity index (χ2v) is 7.48. The SMILES string of the molecule is Cc1cc(C)nc(N2CCC(n3nc(-n4nc(C)cc4C)ccc3=O)CC2)n1. The van der Waals surface area contributed by atoms with Crippen molar-refractivity contribution >= 4 is 5.95 Å². The molecule has 0 radical (unpaired) electrons. The lowest BCUT2D eigenvalue weighted by Gasteiger charge is -2.32. The fraction of sp³-hybridized carbons (Fsp3) is 0.450. The third kappa shape index (κ3) is 3.54. The van der Waals surface area contributed by atoms with Crippen LogP contribution in [0.5, 0.6) is 0 Å². The van der Waals surface area contributed by atoms with Crippen LogP contribution in [0, 0.1) is 27.7 Å². The van der Waals surface area contributed by atoms with Gasteiger partial charge in [0, 0.05) is 36.2 Å². The highest BCUT2D eigenvalue weighted by molar-refractivity contribution is 5.33. The van der Waals surface area contributed by atoms with E-state index in [2.05, 4.69) is 25.1 Å². The molecule has 4 rings (SSSR count). The Hall–Kier alpha value is -3.03.